The van der Waals surface area contributed by atoms with E-state index in [1.807, 2.05) is 18.2 Å². The first-order chi connectivity index (χ1) is 9.79. The first kappa shape index (κ1) is 11.7. The number of hydrogen-bond donors (Lipinski definition) is 1. The van der Waals surface area contributed by atoms with Crippen LogP contribution in [-0.4, -0.2) is 28.2 Å². The normalized spacial score (nSPS) is 13.7. The van der Waals surface area contributed by atoms with Gasteiger partial charge in [-0.2, -0.15) is 0 Å². The van der Waals surface area contributed by atoms with Gasteiger partial charge >= 0.3 is 0 Å². The van der Waals surface area contributed by atoms with Crippen LogP contribution < -0.4 is 9.47 Å². The largest absolute Gasteiger partial charge is 0.486 e. The van der Waals surface area contributed by atoms with Crippen molar-refractivity contribution in [1.82, 2.24) is 15.0 Å². The molecule has 2 aromatic heterocycles. The Morgan fingerprint density at radius 2 is 1.85 bits per heavy atom. The number of nitrogens with one attached hydrogen (secondary N) is 1. The van der Waals surface area contributed by atoms with Gasteiger partial charge in [0.2, 0.25) is 0 Å². The molecule has 0 amide bonds. The molecule has 3 heterocycles. The fraction of sp³-hybridized carbons (Fsp3) is 0.143. The third-order valence-corrected chi connectivity index (χ3v) is 3.56. The molecular formula is C14H10BrN3O2. The van der Waals surface area contributed by atoms with E-state index in [0.717, 1.165) is 38.4 Å². The highest BCUT2D eigenvalue weighted by molar-refractivity contribution is 9.10. The van der Waals surface area contributed by atoms with Crippen LogP contribution in [0.5, 0.6) is 11.5 Å². The minimum Gasteiger partial charge on any atom is -0.486 e. The number of imidazole rings is 1. The Balaban J connectivity index is 1.86. The molecule has 3 aromatic rings. The second-order valence-electron chi connectivity index (χ2n) is 4.49. The van der Waals surface area contributed by atoms with Crippen molar-refractivity contribution in [1.29, 1.82) is 0 Å². The van der Waals surface area contributed by atoms with Gasteiger partial charge in [-0.05, 0) is 22.0 Å². The van der Waals surface area contributed by atoms with Gasteiger partial charge in [0, 0.05) is 34.6 Å². The smallest absolute Gasteiger partial charge is 0.163 e. The third-order valence-electron chi connectivity index (χ3n) is 3.12. The number of fused-ring (bicyclic) bond motifs is 2. The van der Waals surface area contributed by atoms with Crippen LogP contribution in [0.4, 0.5) is 0 Å². The van der Waals surface area contributed by atoms with E-state index in [2.05, 4.69) is 30.9 Å². The molecule has 1 aliphatic heterocycles. The molecule has 1 aromatic carbocycles. The van der Waals surface area contributed by atoms with Crippen LogP contribution in [-0.2, 0) is 0 Å². The topological polar surface area (TPSA) is 60.0 Å². The van der Waals surface area contributed by atoms with E-state index in [4.69, 9.17) is 9.47 Å². The Morgan fingerprint density at radius 1 is 1.05 bits per heavy atom. The van der Waals surface area contributed by atoms with Crippen LogP contribution in [0.1, 0.15) is 0 Å². The summed E-state index contributed by atoms with van der Waals surface area (Å²) in [5.74, 6) is 2.27. The SMILES string of the molecule is Brc1cncc(-c2nc3cc4c(cc3[nH]2)OCCO4)c1. The molecule has 20 heavy (non-hydrogen) atoms. The first-order valence-corrected chi connectivity index (χ1v) is 6.99. The van der Waals surface area contributed by atoms with Crippen molar-refractivity contribution >= 4 is 27.0 Å². The summed E-state index contributed by atoms with van der Waals surface area (Å²) in [6, 6.07) is 5.79. The summed E-state index contributed by atoms with van der Waals surface area (Å²) in [4.78, 5) is 12.0. The zero-order valence-electron chi connectivity index (χ0n) is 10.4. The second kappa shape index (κ2) is 4.49. The van der Waals surface area contributed by atoms with Crippen LogP contribution in [0.3, 0.4) is 0 Å². The van der Waals surface area contributed by atoms with E-state index in [1.165, 1.54) is 0 Å². The van der Waals surface area contributed by atoms with Gasteiger partial charge in [-0.15, -0.1) is 0 Å². The summed E-state index contributed by atoms with van der Waals surface area (Å²) in [5, 5.41) is 0. The predicted octanol–water partition coefficient (Wildman–Crippen LogP) is 3.16. The van der Waals surface area contributed by atoms with Crippen molar-refractivity contribution in [2.45, 2.75) is 0 Å². The Hall–Kier alpha value is -2.08. The lowest BCUT2D eigenvalue weighted by molar-refractivity contribution is 0.172. The van der Waals surface area contributed by atoms with Gasteiger partial charge in [-0.1, -0.05) is 0 Å². The molecule has 0 saturated heterocycles. The van der Waals surface area contributed by atoms with Gasteiger partial charge in [-0.25, -0.2) is 4.98 Å². The van der Waals surface area contributed by atoms with Gasteiger partial charge in [0.05, 0.1) is 11.0 Å². The molecule has 6 heteroatoms. The molecule has 0 saturated carbocycles. The number of aromatic amines is 1. The van der Waals surface area contributed by atoms with E-state index < -0.39 is 0 Å². The zero-order valence-corrected chi connectivity index (χ0v) is 12.0. The van der Waals surface area contributed by atoms with E-state index in [1.54, 1.807) is 12.4 Å². The Morgan fingerprint density at radius 3 is 2.65 bits per heavy atom. The van der Waals surface area contributed by atoms with Crippen LogP contribution in [0, 0.1) is 0 Å². The maximum absolute atomic E-state index is 5.57. The molecule has 4 rings (SSSR count). The van der Waals surface area contributed by atoms with E-state index in [-0.39, 0.29) is 0 Å². The van der Waals surface area contributed by atoms with Crippen molar-refractivity contribution in [3.05, 3.63) is 35.1 Å². The monoisotopic (exact) mass is 331 g/mol. The molecule has 100 valence electrons. The highest BCUT2D eigenvalue weighted by Crippen LogP contribution is 2.34. The quantitative estimate of drug-likeness (QED) is 0.744. The highest BCUT2D eigenvalue weighted by atomic mass is 79.9. The second-order valence-corrected chi connectivity index (χ2v) is 5.41. The molecule has 0 atom stereocenters. The lowest BCUT2D eigenvalue weighted by atomic mass is 10.2. The zero-order chi connectivity index (χ0) is 13.5. The molecule has 1 aliphatic rings. The van der Waals surface area contributed by atoms with Crippen molar-refractivity contribution in [3.63, 3.8) is 0 Å². The number of aromatic nitrogens is 3. The van der Waals surface area contributed by atoms with Crippen LogP contribution >= 0.6 is 15.9 Å². The number of pyridine rings is 1. The lowest BCUT2D eigenvalue weighted by Gasteiger charge is -2.17. The number of hydrogen-bond acceptors (Lipinski definition) is 4. The summed E-state index contributed by atoms with van der Waals surface area (Å²) < 4.78 is 12.1. The molecule has 0 unspecified atom stereocenters. The summed E-state index contributed by atoms with van der Waals surface area (Å²) in [7, 11) is 0. The van der Waals surface area contributed by atoms with Crippen molar-refractivity contribution in [2.75, 3.05) is 13.2 Å². The van der Waals surface area contributed by atoms with Gasteiger partial charge in [0.1, 0.15) is 19.0 Å². The van der Waals surface area contributed by atoms with Crippen LogP contribution in [0.25, 0.3) is 22.4 Å². The van der Waals surface area contributed by atoms with Crippen molar-refractivity contribution in [3.8, 4) is 22.9 Å². The number of halogens is 1. The molecule has 5 nitrogen and oxygen atoms in total. The number of nitrogens with zero attached hydrogens (tertiary/aromatic N) is 2. The minimum atomic E-state index is 0.575. The number of benzene rings is 1. The molecule has 0 aliphatic carbocycles. The predicted molar refractivity (Wildman–Crippen MR) is 78.0 cm³/mol. The summed E-state index contributed by atoms with van der Waals surface area (Å²) in [6.07, 6.45) is 3.52. The Kier molecular flexibility index (Phi) is 2.63. The van der Waals surface area contributed by atoms with Gasteiger partial charge < -0.3 is 14.5 Å². The van der Waals surface area contributed by atoms with E-state index in [0.29, 0.717) is 13.2 Å². The van der Waals surface area contributed by atoms with Crippen LogP contribution in [0.15, 0.2) is 35.1 Å². The van der Waals surface area contributed by atoms with E-state index in [9.17, 15) is 0 Å². The average molecular weight is 332 g/mol. The first-order valence-electron chi connectivity index (χ1n) is 6.20. The van der Waals surface area contributed by atoms with Crippen molar-refractivity contribution < 1.29 is 9.47 Å². The van der Waals surface area contributed by atoms with Gasteiger partial charge in [0.15, 0.2) is 11.5 Å². The molecule has 0 bridgehead atoms. The van der Waals surface area contributed by atoms with Crippen molar-refractivity contribution in [2.24, 2.45) is 0 Å². The number of ether oxygens (including phenoxy) is 2. The summed E-state index contributed by atoms with van der Waals surface area (Å²) in [5.41, 5.74) is 2.70. The fourth-order valence-electron chi connectivity index (χ4n) is 2.22. The van der Waals surface area contributed by atoms with E-state index >= 15 is 0 Å². The maximum atomic E-state index is 5.57. The van der Waals surface area contributed by atoms with Crippen LogP contribution in [0.2, 0.25) is 0 Å². The Labute approximate surface area is 123 Å². The lowest BCUT2D eigenvalue weighted by Crippen LogP contribution is -2.15. The molecule has 0 spiro atoms. The maximum Gasteiger partial charge on any atom is 0.163 e. The standard InChI is InChI=1S/C14H10BrN3O2/c15-9-3-8(6-16-7-9)14-17-10-4-12-13(5-11(10)18-14)20-2-1-19-12/h3-7H,1-2H2,(H,17,18). The molecular weight excluding hydrogens is 322 g/mol. The fourth-order valence-corrected chi connectivity index (χ4v) is 2.59. The molecule has 0 radical (unpaired) electrons. The third kappa shape index (κ3) is 1.92. The summed E-state index contributed by atoms with van der Waals surface area (Å²) >= 11 is 3.41. The van der Waals surface area contributed by atoms with Gasteiger partial charge in [-0.3, -0.25) is 4.98 Å². The van der Waals surface area contributed by atoms with Gasteiger partial charge in [0.25, 0.3) is 0 Å². The average Bonchev–Trinajstić information content (AvgIpc) is 2.87. The summed E-state index contributed by atoms with van der Waals surface area (Å²) in [6.45, 7) is 1.15. The highest BCUT2D eigenvalue weighted by Gasteiger charge is 2.15. The Bertz CT molecular complexity index is 757. The number of H-pyrrole nitrogens is 1. The molecule has 0 fully saturated rings. The molecule has 1 N–H and O–H groups in total. The minimum absolute atomic E-state index is 0.575. The number of rotatable bonds is 1.